The minimum absolute atomic E-state index is 0.941. The standard InChI is InChI=1S/C4H9.3CH3.Hf/c1-4(2)3;;;;/h4H,1H2,2-3H3;3*1H3;. The molecule has 0 amide bonds. The van der Waals surface area contributed by atoms with Crippen LogP contribution in [-0.4, -0.2) is 0 Å². The SMILES string of the molecule is CC(C)[CH2][Hf]([CH3])([CH3])[CH3]. The zero-order valence-electron chi connectivity index (χ0n) is 6.78. The van der Waals surface area contributed by atoms with Crippen molar-refractivity contribution in [3.05, 3.63) is 0 Å². The summed E-state index contributed by atoms with van der Waals surface area (Å²) in [6.45, 7) is 4.65. The van der Waals surface area contributed by atoms with E-state index < -0.39 is 20.0 Å². The summed E-state index contributed by atoms with van der Waals surface area (Å²) in [5, 5.41) is 0. The van der Waals surface area contributed by atoms with Gasteiger partial charge in [-0.2, -0.15) is 0 Å². The molecule has 0 bridgehead atoms. The average Bonchev–Trinajstić information content (AvgIpc) is 1.21. The Kier molecular flexibility index (Phi) is 3.49. The Morgan fingerprint density at radius 2 is 1.50 bits per heavy atom. The normalized spacial score (nSPS) is 12.8. The van der Waals surface area contributed by atoms with E-state index in [4.69, 9.17) is 0 Å². The maximum atomic E-state index is 2.51. The van der Waals surface area contributed by atoms with Gasteiger partial charge in [0.15, 0.2) is 0 Å². The Hall–Kier alpha value is 0.870. The van der Waals surface area contributed by atoms with Crippen LogP contribution in [0.15, 0.2) is 0 Å². The number of hydrogen-bond acceptors (Lipinski definition) is 0. The van der Waals surface area contributed by atoms with Crippen LogP contribution in [0, 0.1) is 5.92 Å². The summed E-state index contributed by atoms with van der Waals surface area (Å²) in [7, 11) is 0. The zero-order chi connectivity index (χ0) is 6.78. The minimum atomic E-state index is -1.47. The molecule has 0 aromatic rings. The molecule has 0 aliphatic carbocycles. The number of hydrogen-bond donors (Lipinski definition) is 0. The van der Waals surface area contributed by atoms with Crippen molar-refractivity contribution in [2.45, 2.75) is 32.1 Å². The van der Waals surface area contributed by atoms with E-state index in [9.17, 15) is 0 Å². The van der Waals surface area contributed by atoms with Gasteiger partial charge < -0.3 is 0 Å². The summed E-state index contributed by atoms with van der Waals surface area (Å²) < 4.78 is 9.07. The van der Waals surface area contributed by atoms with Gasteiger partial charge in [0.05, 0.1) is 0 Å². The molecule has 0 N–H and O–H groups in total. The van der Waals surface area contributed by atoms with Crippen molar-refractivity contribution in [3.63, 3.8) is 0 Å². The van der Waals surface area contributed by atoms with Crippen molar-refractivity contribution >= 4 is 0 Å². The monoisotopic (exact) mass is 282 g/mol. The summed E-state index contributed by atoms with van der Waals surface area (Å²) in [6, 6.07) is 0. The van der Waals surface area contributed by atoms with Gasteiger partial charge in [-0.15, -0.1) is 0 Å². The third-order valence-corrected chi connectivity index (χ3v) is 8.35. The predicted molar refractivity (Wildman–Crippen MR) is 37.2 cm³/mol. The Labute approximate surface area is 58.0 Å². The molecular formula is C7H18Hf. The van der Waals surface area contributed by atoms with Crippen LogP contribution < -0.4 is 0 Å². The summed E-state index contributed by atoms with van der Waals surface area (Å²) in [4.78, 5) is 0. The van der Waals surface area contributed by atoms with Gasteiger partial charge in [-0.05, 0) is 0 Å². The fourth-order valence-corrected chi connectivity index (χ4v) is 10.0. The molecule has 0 heterocycles. The van der Waals surface area contributed by atoms with Crippen molar-refractivity contribution in [1.29, 1.82) is 0 Å². The van der Waals surface area contributed by atoms with E-state index in [1.54, 1.807) is 4.18 Å². The van der Waals surface area contributed by atoms with Crippen LogP contribution in [0.4, 0.5) is 0 Å². The Morgan fingerprint density at radius 1 is 1.12 bits per heavy atom. The van der Waals surface area contributed by atoms with Crippen LogP contribution in [0.25, 0.3) is 0 Å². The molecule has 0 spiro atoms. The molecule has 0 aromatic carbocycles. The molecule has 1 heteroatoms. The van der Waals surface area contributed by atoms with Gasteiger partial charge in [-0.1, -0.05) is 0 Å². The van der Waals surface area contributed by atoms with Crippen molar-refractivity contribution in [2.75, 3.05) is 0 Å². The summed E-state index contributed by atoms with van der Waals surface area (Å²) in [5.74, 6) is 0.941. The van der Waals surface area contributed by atoms with E-state index >= 15 is 0 Å². The second kappa shape index (κ2) is 3.14. The molecule has 8 heavy (non-hydrogen) atoms. The van der Waals surface area contributed by atoms with Gasteiger partial charge in [-0.3, -0.25) is 0 Å². The molecule has 0 fully saturated rings. The van der Waals surface area contributed by atoms with Crippen molar-refractivity contribution in [1.82, 2.24) is 0 Å². The third kappa shape index (κ3) is 6.87. The molecule has 0 unspecified atom stereocenters. The van der Waals surface area contributed by atoms with Gasteiger partial charge >= 0.3 is 58.0 Å². The van der Waals surface area contributed by atoms with Gasteiger partial charge in [0.2, 0.25) is 0 Å². The van der Waals surface area contributed by atoms with Gasteiger partial charge in [0.1, 0.15) is 0 Å². The molecule has 0 saturated heterocycles. The Bertz CT molecular complexity index is 59.3. The van der Waals surface area contributed by atoms with E-state index in [-0.39, 0.29) is 0 Å². The average molecular weight is 281 g/mol. The maximum absolute atomic E-state index is 2.51. The first kappa shape index (κ1) is 8.87. The Morgan fingerprint density at radius 3 is 1.50 bits per heavy atom. The van der Waals surface area contributed by atoms with E-state index in [1.807, 2.05) is 0 Å². The molecule has 0 rings (SSSR count). The van der Waals surface area contributed by atoms with E-state index in [0.29, 0.717) is 0 Å². The van der Waals surface area contributed by atoms with Crippen molar-refractivity contribution in [2.24, 2.45) is 5.92 Å². The topological polar surface area (TPSA) is 0 Å². The molecule has 0 aliphatic heterocycles. The van der Waals surface area contributed by atoms with Crippen molar-refractivity contribution in [3.8, 4) is 0 Å². The second-order valence-corrected chi connectivity index (χ2v) is 24.0. The van der Waals surface area contributed by atoms with Crippen LogP contribution in [0.5, 0.6) is 0 Å². The molecule has 0 radical (unpaired) electrons. The molecule has 50 valence electrons. The molecule has 0 nitrogen and oxygen atoms in total. The van der Waals surface area contributed by atoms with E-state index in [2.05, 4.69) is 27.9 Å². The van der Waals surface area contributed by atoms with Crippen LogP contribution in [0.2, 0.25) is 18.2 Å². The summed E-state index contributed by atoms with van der Waals surface area (Å²) in [5.41, 5.74) is 0. The Balaban J connectivity index is 3.39. The quantitative estimate of drug-likeness (QED) is 0.681. The van der Waals surface area contributed by atoms with Crippen LogP contribution in [0.3, 0.4) is 0 Å². The predicted octanol–water partition coefficient (Wildman–Crippen LogP) is 3.36. The van der Waals surface area contributed by atoms with Crippen LogP contribution in [0.1, 0.15) is 13.8 Å². The summed E-state index contributed by atoms with van der Waals surface area (Å²) >= 11 is -1.47. The fraction of sp³-hybridized carbons (Fsp3) is 1.00. The van der Waals surface area contributed by atoms with Gasteiger partial charge in [0.25, 0.3) is 0 Å². The van der Waals surface area contributed by atoms with Crippen molar-refractivity contribution < 1.29 is 20.0 Å². The summed E-state index contributed by atoms with van der Waals surface area (Å²) in [6.07, 6.45) is 0. The zero-order valence-corrected chi connectivity index (χ0v) is 10.4. The van der Waals surface area contributed by atoms with Crippen LogP contribution >= 0.6 is 0 Å². The van der Waals surface area contributed by atoms with E-state index in [1.165, 1.54) is 0 Å². The fourth-order valence-electron chi connectivity index (χ4n) is 1.22. The van der Waals surface area contributed by atoms with Gasteiger partial charge in [0, 0.05) is 0 Å². The molecular weight excluding hydrogens is 263 g/mol. The first-order valence-corrected chi connectivity index (χ1v) is 16.7. The second-order valence-electron chi connectivity index (χ2n) is 4.16. The molecule has 0 aromatic heterocycles. The van der Waals surface area contributed by atoms with Gasteiger partial charge in [-0.25, -0.2) is 0 Å². The van der Waals surface area contributed by atoms with E-state index in [0.717, 1.165) is 5.92 Å². The number of rotatable bonds is 2. The molecule has 0 aliphatic rings. The molecule has 0 saturated carbocycles. The first-order chi connectivity index (χ1) is 3.42. The first-order valence-electron chi connectivity index (χ1n) is 3.42. The molecule has 0 atom stereocenters. The van der Waals surface area contributed by atoms with Crippen LogP contribution in [-0.2, 0) is 20.0 Å². The third-order valence-electron chi connectivity index (χ3n) is 1.02.